The summed E-state index contributed by atoms with van der Waals surface area (Å²) in [6.45, 7) is 4.44. The number of phenols is 1. The number of anilines is 2. The molecular weight excluding hydrogens is 745 g/mol. The van der Waals surface area contributed by atoms with Crippen molar-refractivity contribution in [1.29, 1.82) is 0 Å². The second-order valence-electron chi connectivity index (χ2n) is 11.8. The van der Waals surface area contributed by atoms with Gasteiger partial charge in [-0.1, -0.05) is 53.5 Å². The molecule has 6 rings (SSSR count). The highest BCUT2D eigenvalue weighted by Gasteiger charge is 2.20. The van der Waals surface area contributed by atoms with Crippen molar-refractivity contribution in [2.75, 3.05) is 43.4 Å². The van der Waals surface area contributed by atoms with Crippen LogP contribution >= 0.6 is 46.9 Å². The van der Waals surface area contributed by atoms with Gasteiger partial charge in [-0.15, -0.1) is 23.7 Å². The van der Waals surface area contributed by atoms with Crippen molar-refractivity contribution in [2.24, 2.45) is 5.10 Å². The summed E-state index contributed by atoms with van der Waals surface area (Å²) in [5, 5.41) is 23.7. The Kier molecular flexibility index (Phi) is 13.9. The molecule has 270 valence electrons. The number of ether oxygens (including phenoxy) is 1. The molecule has 4 N–H and O–H groups in total. The summed E-state index contributed by atoms with van der Waals surface area (Å²) >= 11 is 13.5. The topological polar surface area (TPSA) is 131 Å². The number of carbonyl (C=O) groups excluding carboxylic acids is 2. The third-order valence-corrected chi connectivity index (χ3v) is 9.66. The largest absolute Gasteiger partial charge is 0.507 e. The minimum absolute atomic E-state index is 0. The van der Waals surface area contributed by atoms with E-state index in [4.69, 9.17) is 32.9 Å². The molecular formula is C37H36Cl3N7O4S. The number of halogens is 3. The average molecular weight is 781 g/mol. The van der Waals surface area contributed by atoms with Crippen LogP contribution in [-0.2, 0) is 17.9 Å². The van der Waals surface area contributed by atoms with Gasteiger partial charge in [0.15, 0.2) is 0 Å². The Labute approximate surface area is 321 Å². The first-order chi connectivity index (χ1) is 24.8. The Bertz CT molecular complexity index is 1990. The fourth-order valence-electron chi connectivity index (χ4n) is 5.29. The maximum absolute atomic E-state index is 12.5. The molecule has 1 aromatic heterocycles. The first-order valence-electron chi connectivity index (χ1n) is 16.1. The number of urea groups is 1. The van der Waals surface area contributed by atoms with Crippen molar-refractivity contribution in [2.45, 2.75) is 13.2 Å². The summed E-state index contributed by atoms with van der Waals surface area (Å²) in [4.78, 5) is 34.2. The standard InChI is InChI=1S/C37H35Cl2N7O4S.ClH/c38-32-13-11-29(18-33(32)39)43-37(49)42-28-9-6-26(7-10-28)36-41-30(24-51-36)21-45-14-16-46(17-15-45)22-35(48)44-40-20-27-8-12-31(19-34(27)47)50-23-25-4-2-1-3-5-25;/h1-13,18-20,24,47H,14-17,21-23H2,(H,44,48)(H2,42,43,49);1H/b40-20+;. The van der Waals surface area contributed by atoms with E-state index in [0.717, 1.165) is 54.6 Å². The summed E-state index contributed by atoms with van der Waals surface area (Å²) < 4.78 is 5.74. The van der Waals surface area contributed by atoms with Crippen LogP contribution in [0.25, 0.3) is 10.6 Å². The van der Waals surface area contributed by atoms with Gasteiger partial charge in [-0.2, -0.15) is 5.10 Å². The lowest BCUT2D eigenvalue weighted by Gasteiger charge is -2.33. The number of nitrogens with zero attached hydrogens (tertiary/aromatic N) is 4. The van der Waals surface area contributed by atoms with E-state index in [1.54, 1.807) is 41.7 Å². The molecule has 1 aliphatic heterocycles. The molecule has 2 heterocycles. The van der Waals surface area contributed by atoms with Gasteiger partial charge in [-0.25, -0.2) is 15.2 Å². The van der Waals surface area contributed by atoms with E-state index in [1.807, 2.05) is 54.6 Å². The molecule has 0 radical (unpaired) electrons. The third-order valence-electron chi connectivity index (χ3n) is 7.98. The first kappa shape index (κ1) is 38.5. The number of rotatable bonds is 12. The van der Waals surface area contributed by atoms with E-state index >= 15 is 0 Å². The van der Waals surface area contributed by atoms with Crippen LogP contribution in [0.15, 0.2) is 101 Å². The van der Waals surface area contributed by atoms with Gasteiger partial charge in [-0.3, -0.25) is 14.6 Å². The molecule has 0 saturated carbocycles. The number of phenolic OH excluding ortho intramolecular Hbond substituents is 1. The van der Waals surface area contributed by atoms with Crippen LogP contribution in [0.2, 0.25) is 10.0 Å². The van der Waals surface area contributed by atoms with Crippen LogP contribution < -0.4 is 20.8 Å². The van der Waals surface area contributed by atoms with Gasteiger partial charge in [0.2, 0.25) is 0 Å². The predicted octanol–water partition coefficient (Wildman–Crippen LogP) is 7.74. The van der Waals surface area contributed by atoms with Gasteiger partial charge in [0.25, 0.3) is 5.91 Å². The molecule has 1 saturated heterocycles. The van der Waals surface area contributed by atoms with E-state index in [2.05, 4.69) is 36.3 Å². The lowest BCUT2D eigenvalue weighted by molar-refractivity contribution is -0.122. The maximum Gasteiger partial charge on any atom is 0.323 e. The molecule has 0 spiro atoms. The second-order valence-corrected chi connectivity index (χ2v) is 13.4. The molecule has 1 aliphatic rings. The number of thiazole rings is 1. The van der Waals surface area contributed by atoms with E-state index < -0.39 is 6.03 Å². The normalized spacial score (nSPS) is 13.3. The van der Waals surface area contributed by atoms with Crippen LogP contribution in [0.5, 0.6) is 11.5 Å². The highest BCUT2D eigenvalue weighted by Crippen LogP contribution is 2.28. The molecule has 11 nitrogen and oxygen atoms in total. The SMILES string of the molecule is Cl.O=C(CN1CCN(Cc2csc(-c3ccc(NC(=O)Nc4ccc(Cl)c(Cl)c4)cc3)n2)CC1)N/N=C/c1ccc(OCc2ccccc2)cc1O. The van der Waals surface area contributed by atoms with Crippen molar-refractivity contribution >= 4 is 76.5 Å². The van der Waals surface area contributed by atoms with Crippen molar-refractivity contribution in [3.63, 3.8) is 0 Å². The van der Waals surface area contributed by atoms with Gasteiger partial charge >= 0.3 is 6.03 Å². The van der Waals surface area contributed by atoms with Crippen molar-refractivity contribution in [3.8, 4) is 22.1 Å². The lowest BCUT2D eigenvalue weighted by atomic mass is 10.2. The highest BCUT2D eigenvalue weighted by molar-refractivity contribution is 7.13. The number of nitrogens with one attached hydrogen (secondary N) is 3. The van der Waals surface area contributed by atoms with Crippen molar-refractivity contribution < 1.29 is 19.4 Å². The fraction of sp³-hybridized carbons (Fsp3) is 0.189. The summed E-state index contributed by atoms with van der Waals surface area (Å²) in [5.74, 6) is 0.327. The highest BCUT2D eigenvalue weighted by atomic mass is 35.5. The third kappa shape index (κ3) is 11.2. The number of hydrazone groups is 1. The Hall–Kier alpha value is -4.69. The zero-order valence-corrected chi connectivity index (χ0v) is 30.9. The van der Waals surface area contributed by atoms with Crippen LogP contribution in [-0.4, -0.2) is 70.8 Å². The zero-order valence-electron chi connectivity index (χ0n) is 27.8. The average Bonchev–Trinajstić information content (AvgIpc) is 3.60. The number of carbonyl (C=O) groups is 2. The molecule has 52 heavy (non-hydrogen) atoms. The second kappa shape index (κ2) is 18.7. The molecule has 3 amide bonds. The van der Waals surface area contributed by atoms with Gasteiger partial charge in [0, 0.05) is 66.7 Å². The molecule has 0 unspecified atom stereocenters. The monoisotopic (exact) mass is 779 g/mol. The molecule has 0 aliphatic carbocycles. The van der Waals surface area contributed by atoms with Crippen LogP contribution in [0.1, 0.15) is 16.8 Å². The number of aromatic nitrogens is 1. The molecule has 0 bridgehead atoms. The Morgan fingerprint density at radius 1 is 0.885 bits per heavy atom. The summed E-state index contributed by atoms with van der Waals surface area (Å²) in [5.41, 5.74) is 7.17. The molecule has 4 aromatic carbocycles. The first-order valence-corrected chi connectivity index (χ1v) is 17.8. The number of hydrogen-bond acceptors (Lipinski definition) is 9. The Balaban J connectivity index is 0.00000523. The summed E-state index contributed by atoms with van der Waals surface area (Å²) in [7, 11) is 0. The zero-order chi connectivity index (χ0) is 35.6. The van der Waals surface area contributed by atoms with E-state index in [0.29, 0.717) is 39.3 Å². The number of aromatic hydroxyl groups is 1. The van der Waals surface area contributed by atoms with Crippen LogP contribution in [0, 0.1) is 0 Å². The van der Waals surface area contributed by atoms with Crippen LogP contribution in [0.4, 0.5) is 16.2 Å². The summed E-state index contributed by atoms with van der Waals surface area (Å²) in [6, 6.07) is 26.7. The van der Waals surface area contributed by atoms with E-state index in [-0.39, 0.29) is 30.6 Å². The number of hydrogen-bond donors (Lipinski definition) is 4. The van der Waals surface area contributed by atoms with E-state index in [9.17, 15) is 14.7 Å². The number of benzene rings is 4. The lowest BCUT2D eigenvalue weighted by Crippen LogP contribution is -2.48. The quantitative estimate of drug-likeness (QED) is 0.0753. The fourth-order valence-corrected chi connectivity index (χ4v) is 6.40. The van der Waals surface area contributed by atoms with E-state index in [1.165, 1.54) is 12.3 Å². The molecule has 5 aromatic rings. The predicted molar refractivity (Wildman–Crippen MR) is 210 cm³/mol. The van der Waals surface area contributed by atoms with Gasteiger partial charge in [0.05, 0.1) is 28.5 Å². The number of piperazine rings is 1. The van der Waals surface area contributed by atoms with Crippen molar-refractivity contribution in [3.05, 3.63) is 123 Å². The van der Waals surface area contributed by atoms with Crippen LogP contribution in [0.3, 0.4) is 0 Å². The molecule has 15 heteroatoms. The van der Waals surface area contributed by atoms with Crippen molar-refractivity contribution in [1.82, 2.24) is 20.2 Å². The molecule has 1 fully saturated rings. The Morgan fingerprint density at radius 3 is 2.33 bits per heavy atom. The molecule has 0 atom stereocenters. The van der Waals surface area contributed by atoms with Gasteiger partial charge < -0.3 is 20.5 Å². The maximum atomic E-state index is 12.5. The Morgan fingerprint density at radius 2 is 1.60 bits per heavy atom. The van der Waals surface area contributed by atoms with Gasteiger partial charge in [-0.05, 0) is 60.2 Å². The number of amides is 3. The van der Waals surface area contributed by atoms with Gasteiger partial charge in [0.1, 0.15) is 23.1 Å². The minimum Gasteiger partial charge on any atom is -0.507 e. The summed E-state index contributed by atoms with van der Waals surface area (Å²) in [6.07, 6.45) is 1.42. The minimum atomic E-state index is -0.392. The smallest absolute Gasteiger partial charge is 0.323 e.